The Morgan fingerprint density at radius 3 is 2.19 bits per heavy atom. The third-order valence-corrected chi connectivity index (χ3v) is 5.60. The van der Waals surface area contributed by atoms with Crippen LogP contribution < -0.4 is 25.8 Å². The number of carbonyl (C=O) groups is 5. The average molecular weight is 563 g/mol. The summed E-state index contributed by atoms with van der Waals surface area (Å²) in [5.74, 6) is -3.32. The summed E-state index contributed by atoms with van der Waals surface area (Å²) in [4.78, 5) is 61.2. The van der Waals surface area contributed by atoms with Gasteiger partial charge in [0, 0.05) is 28.1 Å². The SMILES string of the molecule is COc1cc(OC)cc(C(=O)NN2C[C@H](C(=O)OCC(=O)NNC(=O)c3ccc(Br)cc3)CC2=O)c1. The minimum atomic E-state index is -0.886. The zero-order valence-corrected chi connectivity index (χ0v) is 20.9. The van der Waals surface area contributed by atoms with Crippen molar-refractivity contribution in [2.75, 3.05) is 27.4 Å². The number of benzene rings is 2. The molecule has 3 N–H and O–H groups in total. The van der Waals surface area contributed by atoms with E-state index in [1.54, 1.807) is 30.3 Å². The van der Waals surface area contributed by atoms with Gasteiger partial charge in [0.1, 0.15) is 11.5 Å². The molecule has 0 unspecified atom stereocenters. The van der Waals surface area contributed by atoms with Crippen LogP contribution in [0.15, 0.2) is 46.9 Å². The molecule has 1 aliphatic heterocycles. The molecule has 0 aromatic heterocycles. The smallest absolute Gasteiger partial charge is 0.311 e. The predicted octanol–water partition coefficient (Wildman–Crippen LogP) is 0.964. The van der Waals surface area contributed by atoms with Crippen LogP contribution in [-0.4, -0.2) is 62.0 Å². The monoisotopic (exact) mass is 562 g/mol. The van der Waals surface area contributed by atoms with Crippen LogP contribution in [0.1, 0.15) is 27.1 Å². The summed E-state index contributed by atoms with van der Waals surface area (Å²) in [5.41, 5.74) is 7.29. The second kappa shape index (κ2) is 12.0. The van der Waals surface area contributed by atoms with E-state index in [2.05, 4.69) is 32.2 Å². The van der Waals surface area contributed by atoms with Gasteiger partial charge < -0.3 is 14.2 Å². The fourth-order valence-electron chi connectivity index (χ4n) is 3.19. The number of hydrogen-bond donors (Lipinski definition) is 3. The van der Waals surface area contributed by atoms with E-state index in [0.717, 1.165) is 9.48 Å². The number of nitrogens with one attached hydrogen (secondary N) is 3. The number of esters is 1. The van der Waals surface area contributed by atoms with Crippen LogP contribution in [0.3, 0.4) is 0 Å². The van der Waals surface area contributed by atoms with Gasteiger partial charge in [0.25, 0.3) is 17.7 Å². The number of halogens is 1. The molecule has 2 aromatic carbocycles. The molecule has 1 saturated heterocycles. The lowest BCUT2D eigenvalue weighted by molar-refractivity contribution is -0.152. The first-order valence-corrected chi connectivity index (χ1v) is 11.3. The lowest BCUT2D eigenvalue weighted by Crippen LogP contribution is -2.44. The van der Waals surface area contributed by atoms with E-state index >= 15 is 0 Å². The fourth-order valence-corrected chi connectivity index (χ4v) is 3.45. The second-order valence-corrected chi connectivity index (χ2v) is 8.48. The maximum absolute atomic E-state index is 12.6. The molecule has 1 atom stereocenters. The zero-order chi connectivity index (χ0) is 26.2. The topological polar surface area (TPSA) is 152 Å². The first-order valence-electron chi connectivity index (χ1n) is 10.6. The number of methoxy groups -OCH3 is 2. The lowest BCUT2D eigenvalue weighted by atomic mass is 10.1. The second-order valence-electron chi connectivity index (χ2n) is 7.56. The Bertz CT molecular complexity index is 1150. The highest BCUT2D eigenvalue weighted by Crippen LogP contribution is 2.23. The molecule has 13 heteroatoms. The molecule has 2 aromatic rings. The maximum Gasteiger partial charge on any atom is 0.311 e. The molecule has 0 saturated carbocycles. The number of ether oxygens (including phenoxy) is 3. The van der Waals surface area contributed by atoms with Crippen LogP contribution in [0.2, 0.25) is 0 Å². The van der Waals surface area contributed by atoms with Gasteiger partial charge in [-0.3, -0.25) is 45.3 Å². The number of carbonyl (C=O) groups excluding carboxylic acids is 5. The Kier molecular flexibility index (Phi) is 8.84. The third-order valence-electron chi connectivity index (χ3n) is 5.08. The summed E-state index contributed by atoms with van der Waals surface area (Å²) in [7, 11) is 2.88. The van der Waals surface area contributed by atoms with Crippen molar-refractivity contribution in [3.05, 3.63) is 58.1 Å². The Morgan fingerprint density at radius 2 is 1.58 bits per heavy atom. The summed E-state index contributed by atoms with van der Waals surface area (Å²) < 4.78 is 16.0. The summed E-state index contributed by atoms with van der Waals surface area (Å²) >= 11 is 3.26. The van der Waals surface area contributed by atoms with Gasteiger partial charge in [-0.25, -0.2) is 0 Å². The van der Waals surface area contributed by atoms with Crippen molar-refractivity contribution in [2.45, 2.75) is 6.42 Å². The van der Waals surface area contributed by atoms with Crippen molar-refractivity contribution >= 4 is 45.5 Å². The van der Waals surface area contributed by atoms with Gasteiger partial charge in [0.15, 0.2) is 6.61 Å². The van der Waals surface area contributed by atoms with E-state index in [1.165, 1.54) is 26.4 Å². The molecule has 0 radical (unpaired) electrons. The van der Waals surface area contributed by atoms with Crippen molar-refractivity contribution in [1.29, 1.82) is 0 Å². The maximum atomic E-state index is 12.6. The van der Waals surface area contributed by atoms with Crippen LogP contribution >= 0.6 is 15.9 Å². The largest absolute Gasteiger partial charge is 0.497 e. The van der Waals surface area contributed by atoms with Crippen molar-refractivity contribution in [3.8, 4) is 11.5 Å². The lowest BCUT2D eigenvalue weighted by Gasteiger charge is -2.18. The summed E-state index contributed by atoms with van der Waals surface area (Å²) in [5, 5.41) is 1.01. The van der Waals surface area contributed by atoms with Crippen molar-refractivity contribution in [1.82, 2.24) is 21.3 Å². The Labute approximate surface area is 214 Å². The number of amides is 4. The standard InChI is InChI=1S/C23H23BrN4O8/c1-34-17-7-14(8-18(10-17)35-2)22(32)27-28-11-15(9-20(28)30)23(33)36-12-19(29)25-26-21(31)13-3-5-16(24)6-4-13/h3-8,10,15H,9,11-12H2,1-2H3,(H,25,29)(H,26,31)(H,27,32)/t15-/m1/s1. The molecule has 190 valence electrons. The van der Waals surface area contributed by atoms with Crippen molar-refractivity contribution in [3.63, 3.8) is 0 Å². The van der Waals surface area contributed by atoms with Crippen molar-refractivity contribution in [2.24, 2.45) is 5.92 Å². The number of rotatable bonds is 8. The summed E-state index contributed by atoms with van der Waals surface area (Å²) in [6.07, 6.45) is -0.206. The van der Waals surface area contributed by atoms with Crippen molar-refractivity contribution < 1.29 is 38.2 Å². The molecular formula is C23H23BrN4O8. The van der Waals surface area contributed by atoms with Crippen LogP contribution in [0.25, 0.3) is 0 Å². The Hall–Kier alpha value is -4.13. The van der Waals surface area contributed by atoms with Gasteiger partial charge in [-0.1, -0.05) is 15.9 Å². The van der Waals surface area contributed by atoms with E-state index in [9.17, 15) is 24.0 Å². The van der Waals surface area contributed by atoms with E-state index in [1.807, 2.05) is 0 Å². The summed E-state index contributed by atoms with van der Waals surface area (Å²) in [6, 6.07) is 11.0. The number of hydrazine groups is 2. The van der Waals surface area contributed by atoms with E-state index in [-0.39, 0.29) is 18.5 Å². The van der Waals surface area contributed by atoms with Gasteiger partial charge >= 0.3 is 5.97 Å². The van der Waals surface area contributed by atoms with Gasteiger partial charge in [-0.15, -0.1) is 0 Å². The zero-order valence-electron chi connectivity index (χ0n) is 19.3. The number of nitrogens with zero attached hydrogens (tertiary/aromatic N) is 1. The van der Waals surface area contributed by atoms with Crippen LogP contribution in [-0.2, 0) is 19.1 Å². The normalized spacial score (nSPS) is 14.6. The van der Waals surface area contributed by atoms with Gasteiger partial charge in [-0.05, 0) is 36.4 Å². The minimum Gasteiger partial charge on any atom is -0.497 e. The molecule has 12 nitrogen and oxygen atoms in total. The molecule has 0 aliphatic carbocycles. The molecule has 1 aliphatic rings. The predicted molar refractivity (Wildman–Crippen MR) is 128 cm³/mol. The molecule has 1 fully saturated rings. The fraction of sp³-hybridized carbons (Fsp3) is 0.261. The van der Waals surface area contributed by atoms with E-state index in [4.69, 9.17) is 14.2 Å². The third kappa shape index (κ3) is 6.95. The highest BCUT2D eigenvalue weighted by Gasteiger charge is 2.37. The van der Waals surface area contributed by atoms with Crippen LogP contribution in [0, 0.1) is 5.92 Å². The quantitative estimate of drug-likeness (QED) is 0.318. The van der Waals surface area contributed by atoms with Gasteiger partial charge in [-0.2, -0.15) is 0 Å². The molecule has 0 spiro atoms. The van der Waals surface area contributed by atoms with Crippen LogP contribution in [0.4, 0.5) is 0 Å². The average Bonchev–Trinajstić information content (AvgIpc) is 3.25. The van der Waals surface area contributed by atoms with E-state index < -0.39 is 42.1 Å². The highest BCUT2D eigenvalue weighted by atomic mass is 79.9. The number of hydrogen-bond acceptors (Lipinski definition) is 8. The molecule has 0 bridgehead atoms. The molecule has 3 rings (SSSR count). The molecular weight excluding hydrogens is 540 g/mol. The Morgan fingerprint density at radius 1 is 0.944 bits per heavy atom. The highest BCUT2D eigenvalue weighted by molar-refractivity contribution is 9.10. The summed E-state index contributed by atoms with van der Waals surface area (Å²) in [6.45, 7) is -0.799. The first kappa shape index (κ1) is 26.5. The van der Waals surface area contributed by atoms with E-state index in [0.29, 0.717) is 17.1 Å². The molecule has 4 amide bonds. The Balaban J connectivity index is 1.46. The first-order chi connectivity index (χ1) is 17.2. The van der Waals surface area contributed by atoms with Gasteiger partial charge in [0.05, 0.1) is 26.7 Å². The molecule has 1 heterocycles. The minimum absolute atomic E-state index is 0.133. The van der Waals surface area contributed by atoms with Gasteiger partial charge in [0.2, 0.25) is 5.91 Å². The van der Waals surface area contributed by atoms with Crippen LogP contribution in [0.5, 0.6) is 11.5 Å². The molecule has 36 heavy (non-hydrogen) atoms.